The van der Waals surface area contributed by atoms with Gasteiger partial charge in [-0.1, -0.05) is 41.4 Å². The second-order valence-electron chi connectivity index (χ2n) is 3.92. The van der Waals surface area contributed by atoms with Crippen LogP contribution >= 0.6 is 11.6 Å². The van der Waals surface area contributed by atoms with Gasteiger partial charge in [0.25, 0.3) is 0 Å². The number of benzene rings is 2. The minimum atomic E-state index is -0.277. The summed E-state index contributed by atoms with van der Waals surface area (Å²) < 4.78 is 13.8. The minimum absolute atomic E-state index is 0.277. The largest absolute Gasteiger partial charge is 0.206 e. The lowest BCUT2D eigenvalue weighted by Crippen LogP contribution is -1.90. The normalized spacial score (nSPS) is 10.5. The molecule has 2 aromatic carbocycles. The smallest absolute Gasteiger partial charge is 0.132 e. The minimum Gasteiger partial charge on any atom is -0.206 e. The number of hydrogen-bond acceptors (Lipinski definition) is 0. The van der Waals surface area contributed by atoms with E-state index in [0.29, 0.717) is 10.6 Å². The summed E-state index contributed by atoms with van der Waals surface area (Å²) >= 11 is 6.05. The standard InChI is InChI=1S/C14H12ClF/c1-9-6-7-10(2)11(8-9)14-12(15)4-3-5-13(14)16/h3-8H,1-2H3. The van der Waals surface area contributed by atoms with E-state index in [2.05, 4.69) is 0 Å². The predicted molar refractivity (Wildman–Crippen MR) is 66.3 cm³/mol. The van der Waals surface area contributed by atoms with Crippen molar-refractivity contribution in [3.8, 4) is 11.1 Å². The van der Waals surface area contributed by atoms with Crippen LogP contribution in [0.5, 0.6) is 0 Å². The van der Waals surface area contributed by atoms with Gasteiger partial charge < -0.3 is 0 Å². The lowest BCUT2D eigenvalue weighted by Gasteiger charge is -2.10. The van der Waals surface area contributed by atoms with E-state index in [9.17, 15) is 4.39 Å². The molecule has 0 atom stereocenters. The summed E-state index contributed by atoms with van der Waals surface area (Å²) in [5.41, 5.74) is 3.48. The Balaban J connectivity index is 2.72. The fraction of sp³-hybridized carbons (Fsp3) is 0.143. The van der Waals surface area contributed by atoms with Gasteiger partial charge in [0.15, 0.2) is 0 Å². The van der Waals surface area contributed by atoms with Crippen LogP contribution in [0.15, 0.2) is 36.4 Å². The van der Waals surface area contributed by atoms with Gasteiger partial charge in [0, 0.05) is 5.56 Å². The zero-order valence-electron chi connectivity index (χ0n) is 9.22. The Bertz CT molecular complexity index is 512. The van der Waals surface area contributed by atoms with Crippen molar-refractivity contribution in [2.75, 3.05) is 0 Å². The van der Waals surface area contributed by atoms with E-state index in [1.165, 1.54) is 6.07 Å². The van der Waals surface area contributed by atoms with E-state index in [4.69, 9.17) is 11.6 Å². The molecule has 0 aliphatic carbocycles. The molecule has 0 aromatic heterocycles. The van der Waals surface area contributed by atoms with Gasteiger partial charge in [0.2, 0.25) is 0 Å². The first kappa shape index (κ1) is 11.2. The Hall–Kier alpha value is -1.34. The summed E-state index contributed by atoms with van der Waals surface area (Å²) in [7, 11) is 0. The van der Waals surface area contributed by atoms with Crippen molar-refractivity contribution in [1.82, 2.24) is 0 Å². The third kappa shape index (κ3) is 1.96. The van der Waals surface area contributed by atoms with E-state index in [0.717, 1.165) is 16.7 Å². The molecule has 2 heteroatoms. The highest BCUT2D eigenvalue weighted by atomic mass is 35.5. The molecule has 0 aliphatic heterocycles. The van der Waals surface area contributed by atoms with Gasteiger partial charge >= 0.3 is 0 Å². The van der Waals surface area contributed by atoms with Gasteiger partial charge in [0.1, 0.15) is 5.82 Å². The molecule has 0 bridgehead atoms. The molecule has 0 saturated heterocycles. The highest BCUT2D eigenvalue weighted by molar-refractivity contribution is 6.33. The van der Waals surface area contributed by atoms with E-state index in [1.54, 1.807) is 12.1 Å². The Morgan fingerprint density at radius 1 is 1.06 bits per heavy atom. The van der Waals surface area contributed by atoms with E-state index in [-0.39, 0.29) is 5.82 Å². The molecule has 0 unspecified atom stereocenters. The fourth-order valence-corrected chi connectivity index (χ4v) is 2.03. The van der Waals surface area contributed by atoms with Gasteiger partial charge in [-0.05, 0) is 37.1 Å². The molecule has 0 saturated carbocycles. The Morgan fingerprint density at radius 2 is 1.81 bits per heavy atom. The van der Waals surface area contributed by atoms with Gasteiger partial charge in [-0.3, -0.25) is 0 Å². The SMILES string of the molecule is Cc1ccc(C)c(-c2c(F)cccc2Cl)c1. The zero-order chi connectivity index (χ0) is 11.7. The summed E-state index contributed by atoms with van der Waals surface area (Å²) in [4.78, 5) is 0. The van der Waals surface area contributed by atoms with Gasteiger partial charge in [-0.2, -0.15) is 0 Å². The predicted octanol–water partition coefficient (Wildman–Crippen LogP) is 4.76. The maximum Gasteiger partial charge on any atom is 0.132 e. The maximum atomic E-state index is 13.8. The topological polar surface area (TPSA) is 0 Å². The van der Waals surface area contributed by atoms with E-state index in [1.807, 2.05) is 32.0 Å². The third-order valence-electron chi connectivity index (χ3n) is 2.63. The number of halogens is 2. The van der Waals surface area contributed by atoms with Crippen molar-refractivity contribution in [3.05, 3.63) is 58.4 Å². The molecule has 0 fully saturated rings. The first-order valence-corrected chi connectivity index (χ1v) is 5.49. The molecule has 0 aliphatic rings. The highest BCUT2D eigenvalue weighted by Gasteiger charge is 2.11. The quantitative estimate of drug-likeness (QED) is 0.667. The fourth-order valence-electron chi connectivity index (χ4n) is 1.76. The summed E-state index contributed by atoms with van der Waals surface area (Å²) in [6.07, 6.45) is 0. The van der Waals surface area contributed by atoms with Crippen LogP contribution in [0.1, 0.15) is 11.1 Å². The van der Waals surface area contributed by atoms with Gasteiger partial charge in [-0.25, -0.2) is 4.39 Å². The maximum absolute atomic E-state index is 13.8. The monoisotopic (exact) mass is 234 g/mol. The van der Waals surface area contributed by atoms with Crippen molar-refractivity contribution in [3.63, 3.8) is 0 Å². The first-order valence-electron chi connectivity index (χ1n) is 5.11. The summed E-state index contributed by atoms with van der Waals surface area (Å²) in [5, 5.41) is 0.453. The van der Waals surface area contributed by atoms with E-state index < -0.39 is 0 Å². The zero-order valence-corrected chi connectivity index (χ0v) is 9.98. The number of rotatable bonds is 1. The molecule has 16 heavy (non-hydrogen) atoms. The molecule has 0 spiro atoms. The molecule has 0 N–H and O–H groups in total. The lowest BCUT2D eigenvalue weighted by molar-refractivity contribution is 0.631. The third-order valence-corrected chi connectivity index (χ3v) is 2.94. The van der Waals surface area contributed by atoms with Crippen LogP contribution in [-0.2, 0) is 0 Å². The molecule has 0 amide bonds. The molecule has 2 aromatic rings. The molecule has 0 radical (unpaired) electrons. The van der Waals surface area contributed by atoms with Gasteiger partial charge in [0.05, 0.1) is 5.02 Å². The molecule has 2 rings (SSSR count). The molecule has 0 nitrogen and oxygen atoms in total. The second-order valence-corrected chi connectivity index (χ2v) is 4.32. The van der Waals surface area contributed by atoms with Crippen LogP contribution < -0.4 is 0 Å². The van der Waals surface area contributed by atoms with Gasteiger partial charge in [-0.15, -0.1) is 0 Å². The summed E-state index contributed by atoms with van der Waals surface area (Å²) in [6, 6.07) is 10.7. The van der Waals surface area contributed by atoms with Crippen molar-refractivity contribution in [2.24, 2.45) is 0 Å². The van der Waals surface area contributed by atoms with Crippen LogP contribution in [0.25, 0.3) is 11.1 Å². The Labute approximate surface area is 99.7 Å². The average molecular weight is 235 g/mol. The van der Waals surface area contributed by atoms with Crippen molar-refractivity contribution in [2.45, 2.75) is 13.8 Å². The Morgan fingerprint density at radius 3 is 2.50 bits per heavy atom. The number of aryl methyl sites for hydroxylation is 2. The number of hydrogen-bond donors (Lipinski definition) is 0. The molecule has 82 valence electrons. The van der Waals surface area contributed by atoms with Crippen LogP contribution in [0.4, 0.5) is 4.39 Å². The van der Waals surface area contributed by atoms with Crippen molar-refractivity contribution < 1.29 is 4.39 Å². The average Bonchev–Trinajstić information content (AvgIpc) is 2.23. The van der Waals surface area contributed by atoms with Crippen molar-refractivity contribution >= 4 is 11.6 Å². The van der Waals surface area contributed by atoms with E-state index >= 15 is 0 Å². The second kappa shape index (κ2) is 4.26. The van der Waals surface area contributed by atoms with Crippen LogP contribution in [0, 0.1) is 19.7 Å². The molecule has 0 heterocycles. The summed E-state index contributed by atoms with van der Waals surface area (Å²) in [6.45, 7) is 3.94. The Kier molecular flexibility index (Phi) is 2.97. The van der Waals surface area contributed by atoms with Crippen LogP contribution in [0.2, 0.25) is 5.02 Å². The highest BCUT2D eigenvalue weighted by Crippen LogP contribution is 2.33. The molecular weight excluding hydrogens is 223 g/mol. The van der Waals surface area contributed by atoms with Crippen LogP contribution in [0.3, 0.4) is 0 Å². The first-order chi connectivity index (χ1) is 7.59. The summed E-state index contributed by atoms with van der Waals surface area (Å²) in [5.74, 6) is -0.277. The van der Waals surface area contributed by atoms with Crippen molar-refractivity contribution in [1.29, 1.82) is 0 Å². The molecular formula is C14H12ClF. The van der Waals surface area contributed by atoms with Crippen LogP contribution in [-0.4, -0.2) is 0 Å². The lowest BCUT2D eigenvalue weighted by atomic mass is 9.98.